The van der Waals surface area contributed by atoms with E-state index in [0.717, 1.165) is 13.0 Å². The second kappa shape index (κ2) is 5.12. The van der Waals surface area contributed by atoms with Crippen LogP contribution in [0.3, 0.4) is 0 Å². The van der Waals surface area contributed by atoms with Gasteiger partial charge in [0.15, 0.2) is 9.84 Å². The van der Waals surface area contributed by atoms with E-state index in [1.165, 1.54) is 12.8 Å². The smallest absolute Gasteiger partial charge is 0.150 e. The average molecular weight is 219 g/mol. The lowest BCUT2D eigenvalue weighted by atomic mass is 10.3. The van der Waals surface area contributed by atoms with Gasteiger partial charge < -0.3 is 5.32 Å². The van der Waals surface area contributed by atoms with E-state index in [4.69, 9.17) is 0 Å². The van der Waals surface area contributed by atoms with Crippen molar-refractivity contribution in [2.24, 2.45) is 5.92 Å². The zero-order valence-electron chi connectivity index (χ0n) is 9.12. The summed E-state index contributed by atoms with van der Waals surface area (Å²) in [6, 6.07) is 0.683. The third-order valence-corrected chi connectivity index (χ3v) is 4.31. The molecule has 0 bridgehead atoms. The molecule has 3 nitrogen and oxygen atoms in total. The van der Waals surface area contributed by atoms with Crippen LogP contribution in [0.25, 0.3) is 0 Å². The molecule has 0 aliphatic heterocycles. The van der Waals surface area contributed by atoms with Gasteiger partial charge in [-0.1, -0.05) is 13.8 Å². The Bertz CT molecular complexity index is 255. The average Bonchev–Trinajstić information content (AvgIpc) is 2.78. The SMILES string of the molecule is CC(C)CS(=O)(=O)CCCNC1CC1. The van der Waals surface area contributed by atoms with Gasteiger partial charge >= 0.3 is 0 Å². The Balaban J connectivity index is 2.08. The maximum atomic E-state index is 11.5. The van der Waals surface area contributed by atoms with Gasteiger partial charge in [-0.15, -0.1) is 0 Å². The molecule has 0 atom stereocenters. The van der Waals surface area contributed by atoms with Crippen molar-refractivity contribution in [2.75, 3.05) is 18.1 Å². The van der Waals surface area contributed by atoms with Crippen molar-refractivity contribution in [1.82, 2.24) is 5.32 Å². The topological polar surface area (TPSA) is 46.2 Å². The van der Waals surface area contributed by atoms with Gasteiger partial charge in [-0.3, -0.25) is 0 Å². The highest BCUT2D eigenvalue weighted by atomic mass is 32.2. The molecule has 0 aromatic heterocycles. The molecule has 0 radical (unpaired) electrons. The van der Waals surface area contributed by atoms with Crippen LogP contribution in [-0.4, -0.2) is 32.5 Å². The van der Waals surface area contributed by atoms with Crippen molar-refractivity contribution in [1.29, 1.82) is 0 Å². The van der Waals surface area contributed by atoms with Crippen LogP contribution in [0.2, 0.25) is 0 Å². The van der Waals surface area contributed by atoms with Crippen LogP contribution in [0.1, 0.15) is 33.1 Å². The molecule has 0 aromatic rings. The normalized spacial score (nSPS) is 17.6. The first-order valence-electron chi connectivity index (χ1n) is 5.43. The van der Waals surface area contributed by atoms with E-state index < -0.39 is 9.84 Å². The number of hydrogen-bond donors (Lipinski definition) is 1. The summed E-state index contributed by atoms with van der Waals surface area (Å²) >= 11 is 0. The molecule has 0 heterocycles. The van der Waals surface area contributed by atoms with Crippen LogP contribution in [0.5, 0.6) is 0 Å². The molecular weight excluding hydrogens is 198 g/mol. The van der Waals surface area contributed by atoms with Gasteiger partial charge in [0, 0.05) is 6.04 Å². The minimum Gasteiger partial charge on any atom is -0.314 e. The molecule has 84 valence electrons. The highest BCUT2D eigenvalue weighted by molar-refractivity contribution is 7.91. The van der Waals surface area contributed by atoms with E-state index in [0.29, 0.717) is 17.5 Å². The Morgan fingerprint density at radius 3 is 2.50 bits per heavy atom. The third-order valence-electron chi connectivity index (χ3n) is 2.23. The number of rotatable bonds is 7. The Labute approximate surface area is 87.2 Å². The van der Waals surface area contributed by atoms with E-state index in [-0.39, 0.29) is 5.92 Å². The van der Waals surface area contributed by atoms with Crippen LogP contribution in [0.4, 0.5) is 0 Å². The van der Waals surface area contributed by atoms with Crippen molar-refractivity contribution < 1.29 is 8.42 Å². The van der Waals surface area contributed by atoms with Crippen molar-refractivity contribution in [3.63, 3.8) is 0 Å². The van der Waals surface area contributed by atoms with Crippen LogP contribution in [0, 0.1) is 5.92 Å². The summed E-state index contributed by atoms with van der Waals surface area (Å²) in [7, 11) is -2.80. The van der Waals surface area contributed by atoms with Crippen LogP contribution < -0.4 is 5.32 Å². The monoisotopic (exact) mass is 219 g/mol. The lowest BCUT2D eigenvalue weighted by Gasteiger charge is -2.07. The predicted molar refractivity (Wildman–Crippen MR) is 59.1 cm³/mol. The maximum absolute atomic E-state index is 11.5. The molecule has 1 N–H and O–H groups in total. The summed E-state index contributed by atoms with van der Waals surface area (Å²) in [5.74, 6) is 0.915. The fourth-order valence-corrected chi connectivity index (χ4v) is 3.24. The van der Waals surface area contributed by atoms with Crippen molar-refractivity contribution in [2.45, 2.75) is 39.2 Å². The summed E-state index contributed by atoms with van der Waals surface area (Å²) < 4.78 is 22.9. The van der Waals surface area contributed by atoms with E-state index >= 15 is 0 Å². The Morgan fingerprint density at radius 2 is 2.00 bits per heavy atom. The van der Waals surface area contributed by atoms with Crippen molar-refractivity contribution in [3.05, 3.63) is 0 Å². The maximum Gasteiger partial charge on any atom is 0.150 e. The van der Waals surface area contributed by atoms with Crippen LogP contribution in [0.15, 0.2) is 0 Å². The summed E-state index contributed by atoms with van der Waals surface area (Å²) in [6.07, 6.45) is 3.28. The molecule has 1 fully saturated rings. The second-order valence-electron chi connectivity index (χ2n) is 4.59. The van der Waals surface area contributed by atoms with E-state index in [1.807, 2.05) is 13.8 Å². The molecule has 1 rings (SSSR count). The van der Waals surface area contributed by atoms with E-state index in [9.17, 15) is 8.42 Å². The summed E-state index contributed by atoms with van der Waals surface area (Å²) in [5, 5.41) is 3.32. The van der Waals surface area contributed by atoms with E-state index in [2.05, 4.69) is 5.32 Å². The van der Waals surface area contributed by atoms with Crippen LogP contribution >= 0.6 is 0 Å². The molecule has 1 saturated carbocycles. The molecule has 0 amide bonds. The van der Waals surface area contributed by atoms with Gasteiger partial charge in [0.1, 0.15) is 0 Å². The number of sulfone groups is 1. The third kappa shape index (κ3) is 5.60. The first kappa shape index (κ1) is 12.0. The highest BCUT2D eigenvalue weighted by Gasteiger charge is 2.20. The molecule has 0 unspecified atom stereocenters. The first-order chi connectivity index (χ1) is 6.49. The number of nitrogens with one attached hydrogen (secondary N) is 1. The molecule has 0 aromatic carbocycles. The lowest BCUT2D eigenvalue weighted by molar-refractivity contribution is 0.575. The Morgan fingerprint density at radius 1 is 1.36 bits per heavy atom. The van der Waals surface area contributed by atoms with E-state index in [1.54, 1.807) is 0 Å². The molecule has 14 heavy (non-hydrogen) atoms. The van der Waals surface area contributed by atoms with Gasteiger partial charge in [-0.25, -0.2) is 8.42 Å². The zero-order chi connectivity index (χ0) is 10.6. The first-order valence-corrected chi connectivity index (χ1v) is 7.25. The quantitative estimate of drug-likeness (QED) is 0.654. The standard InChI is InChI=1S/C10H21NO2S/c1-9(2)8-14(12,13)7-3-6-11-10-4-5-10/h9-11H,3-8H2,1-2H3. The molecular formula is C10H21NO2S. The fraction of sp³-hybridized carbons (Fsp3) is 1.00. The van der Waals surface area contributed by atoms with Crippen LogP contribution in [-0.2, 0) is 9.84 Å². The van der Waals surface area contributed by atoms with Gasteiger partial charge in [-0.2, -0.15) is 0 Å². The lowest BCUT2D eigenvalue weighted by Crippen LogP contribution is -2.22. The molecule has 1 aliphatic rings. The Hall–Kier alpha value is -0.0900. The van der Waals surface area contributed by atoms with Crippen molar-refractivity contribution >= 4 is 9.84 Å². The van der Waals surface area contributed by atoms with Gasteiger partial charge in [0.2, 0.25) is 0 Å². The predicted octanol–water partition coefficient (Wildman–Crippen LogP) is 1.20. The molecule has 4 heteroatoms. The minimum absolute atomic E-state index is 0.247. The summed E-state index contributed by atoms with van der Waals surface area (Å²) in [4.78, 5) is 0. The summed E-state index contributed by atoms with van der Waals surface area (Å²) in [5.41, 5.74) is 0. The largest absolute Gasteiger partial charge is 0.314 e. The Kier molecular flexibility index (Phi) is 4.38. The van der Waals surface area contributed by atoms with Gasteiger partial charge in [0.05, 0.1) is 11.5 Å². The minimum atomic E-state index is -2.80. The second-order valence-corrected chi connectivity index (χ2v) is 6.82. The fourth-order valence-electron chi connectivity index (χ4n) is 1.48. The molecule has 0 saturated heterocycles. The number of hydrogen-bond acceptors (Lipinski definition) is 3. The van der Waals surface area contributed by atoms with Crippen molar-refractivity contribution in [3.8, 4) is 0 Å². The highest BCUT2D eigenvalue weighted by Crippen LogP contribution is 2.18. The summed E-state index contributed by atoms with van der Waals surface area (Å²) in [6.45, 7) is 4.74. The van der Waals surface area contributed by atoms with Gasteiger partial charge in [0.25, 0.3) is 0 Å². The van der Waals surface area contributed by atoms with Gasteiger partial charge in [-0.05, 0) is 31.7 Å². The molecule has 1 aliphatic carbocycles. The zero-order valence-corrected chi connectivity index (χ0v) is 9.94. The molecule has 0 spiro atoms.